The minimum absolute atomic E-state index is 0.143. The van der Waals surface area contributed by atoms with Crippen LogP contribution < -0.4 is 9.62 Å². The van der Waals surface area contributed by atoms with Crippen LogP contribution in [0.5, 0.6) is 0 Å². The Kier molecular flexibility index (Phi) is 7.66. The Morgan fingerprint density at radius 2 is 1.76 bits per heavy atom. The molecule has 2 aromatic rings. The summed E-state index contributed by atoms with van der Waals surface area (Å²) in [5, 5.41) is 2.74. The molecule has 0 aliphatic carbocycles. The predicted octanol–water partition coefficient (Wildman–Crippen LogP) is 4.60. The van der Waals surface area contributed by atoms with Crippen molar-refractivity contribution in [2.24, 2.45) is 0 Å². The molecule has 1 amide bonds. The van der Waals surface area contributed by atoms with Crippen molar-refractivity contribution in [2.75, 3.05) is 10.6 Å². The maximum absolute atomic E-state index is 13.6. The van der Waals surface area contributed by atoms with Gasteiger partial charge in [-0.3, -0.25) is 9.10 Å². The molecule has 2 atom stereocenters. The van der Waals surface area contributed by atoms with Gasteiger partial charge in [0.2, 0.25) is 15.9 Å². The van der Waals surface area contributed by atoms with E-state index in [4.69, 9.17) is 11.6 Å². The van der Waals surface area contributed by atoms with E-state index in [1.807, 2.05) is 38.1 Å². The minimum Gasteiger partial charge on any atom is -0.347 e. The number of nitrogens with zero attached hydrogens (tertiary/aromatic N) is 1. The number of anilines is 1. The van der Waals surface area contributed by atoms with Gasteiger partial charge in [0.15, 0.2) is 0 Å². The quantitative estimate of drug-likeness (QED) is 0.652. The minimum atomic E-state index is -3.83. The third-order valence-electron chi connectivity index (χ3n) is 4.69. The number of carbonyl (C=O) groups excluding carboxylic acids is 1. The van der Waals surface area contributed by atoms with E-state index in [0.29, 0.717) is 6.42 Å². The van der Waals surface area contributed by atoms with Gasteiger partial charge in [0.25, 0.3) is 0 Å². The van der Waals surface area contributed by atoms with Crippen molar-refractivity contribution >= 4 is 33.2 Å². The van der Waals surface area contributed by atoms with E-state index in [1.165, 1.54) is 12.1 Å². The fraction of sp³-hybridized carbons (Fsp3) is 0.381. The molecule has 0 aromatic heterocycles. The first-order chi connectivity index (χ1) is 13.6. The fourth-order valence-corrected chi connectivity index (χ4v) is 4.55. The smallest absolute Gasteiger partial charge is 0.244 e. The Labute approximate surface area is 176 Å². The van der Waals surface area contributed by atoms with Crippen LogP contribution in [-0.4, -0.2) is 26.6 Å². The van der Waals surface area contributed by atoms with Gasteiger partial charge >= 0.3 is 0 Å². The molecule has 0 unspecified atom stereocenters. The molecule has 2 aromatic carbocycles. The van der Waals surface area contributed by atoms with Crippen molar-refractivity contribution in [1.82, 2.24) is 5.32 Å². The second kappa shape index (κ2) is 9.59. The van der Waals surface area contributed by atoms with Gasteiger partial charge in [-0.05, 0) is 43.5 Å². The Bertz CT molecular complexity index is 964. The highest BCUT2D eigenvalue weighted by Gasteiger charge is 2.32. The summed E-state index contributed by atoms with van der Waals surface area (Å²) in [6, 6.07) is 10.2. The summed E-state index contributed by atoms with van der Waals surface area (Å²) in [7, 11) is -3.83. The second-order valence-electron chi connectivity index (χ2n) is 6.96. The van der Waals surface area contributed by atoms with E-state index in [2.05, 4.69) is 5.32 Å². The molecule has 0 spiro atoms. The Hall–Kier alpha value is -2.12. The van der Waals surface area contributed by atoms with Crippen molar-refractivity contribution < 1.29 is 17.6 Å². The molecule has 8 heteroatoms. The molecular weight excluding hydrogens is 415 g/mol. The third-order valence-corrected chi connectivity index (χ3v) is 6.16. The van der Waals surface area contributed by atoms with E-state index in [9.17, 15) is 17.6 Å². The zero-order valence-corrected chi connectivity index (χ0v) is 18.5. The second-order valence-corrected chi connectivity index (χ2v) is 9.23. The topological polar surface area (TPSA) is 66.5 Å². The number of aryl methyl sites for hydroxylation is 1. The molecular formula is C21H26ClFN2O3S. The van der Waals surface area contributed by atoms with E-state index in [0.717, 1.165) is 27.8 Å². The van der Waals surface area contributed by atoms with Crippen LogP contribution in [0.15, 0.2) is 42.5 Å². The summed E-state index contributed by atoms with van der Waals surface area (Å²) in [6.07, 6.45) is 1.89. The molecule has 5 nitrogen and oxygen atoms in total. The highest BCUT2D eigenvalue weighted by atomic mass is 35.5. The number of rotatable bonds is 8. The summed E-state index contributed by atoms with van der Waals surface area (Å²) >= 11 is 5.84. The van der Waals surface area contributed by atoms with Crippen molar-refractivity contribution in [3.8, 4) is 0 Å². The van der Waals surface area contributed by atoms with Gasteiger partial charge in [-0.25, -0.2) is 12.8 Å². The number of carbonyl (C=O) groups is 1. The lowest BCUT2D eigenvalue weighted by atomic mass is 10.0. The van der Waals surface area contributed by atoms with Gasteiger partial charge in [0.05, 0.1) is 23.0 Å². The average molecular weight is 441 g/mol. The van der Waals surface area contributed by atoms with Crippen molar-refractivity contribution in [1.29, 1.82) is 0 Å². The van der Waals surface area contributed by atoms with E-state index in [-0.39, 0.29) is 23.2 Å². The molecule has 2 rings (SSSR count). The summed E-state index contributed by atoms with van der Waals surface area (Å²) in [5.41, 5.74) is 2.19. The van der Waals surface area contributed by atoms with Crippen LogP contribution in [0.4, 0.5) is 10.1 Å². The molecule has 0 saturated carbocycles. The number of sulfonamides is 1. The Morgan fingerprint density at radius 1 is 1.14 bits per heavy atom. The molecule has 0 heterocycles. The first kappa shape index (κ1) is 23.2. The summed E-state index contributed by atoms with van der Waals surface area (Å²) < 4.78 is 39.6. The van der Waals surface area contributed by atoms with Crippen LogP contribution in [0.3, 0.4) is 0 Å². The van der Waals surface area contributed by atoms with Crippen LogP contribution in [-0.2, 0) is 14.8 Å². The molecule has 0 aliphatic heterocycles. The standard InChI is InChI=1S/C21H26ClFN2O3S/c1-5-19(15-9-7-14(3)8-10-15)24-21(26)20(6-2)25(29(4,27)28)16-11-12-18(23)17(22)13-16/h7-13,19-20H,5-6H2,1-4H3,(H,24,26)/t19-,20+/m0/s1. The average Bonchev–Trinajstić information content (AvgIpc) is 2.66. The lowest BCUT2D eigenvalue weighted by Crippen LogP contribution is -2.50. The van der Waals surface area contributed by atoms with Crippen LogP contribution in [0.25, 0.3) is 0 Å². The molecule has 0 radical (unpaired) electrons. The first-order valence-electron chi connectivity index (χ1n) is 9.39. The van der Waals surface area contributed by atoms with Crippen LogP contribution in [0.2, 0.25) is 5.02 Å². The van der Waals surface area contributed by atoms with Gasteiger partial charge in [-0.15, -0.1) is 0 Å². The molecule has 29 heavy (non-hydrogen) atoms. The van der Waals surface area contributed by atoms with Crippen LogP contribution in [0, 0.1) is 12.7 Å². The number of hydrogen-bond donors (Lipinski definition) is 1. The number of amides is 1. The highest BCUT2D eigenvalue weighted by molar-refractivity contribution is 7.92. The number of halogens is 2. The van der Waals surface area contributed by atoms with Crippen molar-refractivity contribution in [2.45, 2.75) is 45.7 Å². The van der Waals surface area contributed by atoms with E-state index in [1.54, 1.807) is 6.92 Å². The largest absolute Gasteiger partial charge is 0.347 e. The van der Waals surface area contributed by atoms with E-state index >= 15 is 0 Å². The molecule has 0 saturated heterocycles. The van der Waals surface area contributed by atoms with Gasteiger partial charge in [-0.1, -0.05) is 55.3 Å². The van der Waals surface area contributed by atoms with Crippen LogP contribution in [0.1, 0.15) is 43.9 Å². The van der Waals surface area contributed by atoms with Gasteiger partial charge < -0.3 is 5.32 Å². The number of benzene rings is 2. The maximum Gasteiger partial charge on any atom is 0.244 e. The van der Waals surface area contributed by atoms with Crippen LogP contribution >= 0.6 is 11.6 Å². The number of nitrogens with one attached hydrogen (secondary N) is 1. The monoisotopic (exact) mass is 440 g/mol. The predicted molar refractivity (Wildman–Crippen MR) is 115 cm³/mol. The zero-order chi connectivity index (χ0) is 21.8. The molecule has 0 aliphatic rings. The van der Waals surface area contributed by atoms with Crippen molar-refractivity contribution in [3.63, 3.8) is 0 Å². The summed E-state index contributed by atoms with van der Waals surface area (Å²) in [4.78, 5) is 13.1. The summed E-state index contributed by atoms with van der Waals surface area (Å²) in [5.74, 6) is -1.09. The first-order valence-corrected chi connectivity index (χ1v) is 11.6. The Morgan fingerprint density at radius 3 is 2.24 bits per heavy atom. The Balaban J connectivity index is 2.36. The van der Waals surface area contributed by atoms with E-state index < -0.39 is 27.8 Å². The van der Waals surface area contributed by atoms with Gasteiger partial charge in [-0.2, -0.15) is 0 Å². The van der Waals surface area contributed by atoms with Gasteiger partial charge in [0.1, 0.15) is 11.9 Å². The normalized spacial score (nSPS) is 13.6. The summed E-state index contributed by atoms with van der Waals surface area (Å²) in [6.45, 7) is 5.65. The maximum atomic E-state index is 13.6. The molecule has 158 valence electrons. The lowest BCUT2D eigenvalue weighted by molar-refractivity contribution is -0.123. The number of hydrogen-bond acceptors (Lipinski definition) is 3. The van der Waals surface area contributed by atoms with Gasteiger partial charge in [0, 0.05) is 0 Å². The SMILES string of the molecule is CC[C@H](NC(=O)[C@@H](CC)N(c1ccc(F)c(Cl)c1)S(C)(=O)=O)c1ccc(C)cc1. The fourth-order valence-electron chi connectivity index (χ4n) is 3.17. The van der Waals surface area contributed by atoms with Crippen molar-refractivity contribution in [3.05, 3.63) is 64.4 Å². The zero-order valence-electron chi connectivity index (χ0n) is 16.9. The molecule has 0 fully saturated rings. The third kappa shape index (κ3) is 5.70. The lowest BCUT2D eigenvalue weighted by Gasteiger charge is -2.31. The molecule has 1 N–H and O–H groups in total. The highest BCUT2D eigenvalue weighted by Crippen LogP contribution is 2.28. The molecule has 0 bridgehead atoms.